The Bertz CT molecular complexity index is 2560. The van der Waals surface area contributed by atoms with Crippen molar-refractivity contribution in [2.75, 3.05) is 20.3 Å². The van der Waals surface area contributed by atoms with Gasteiger partial charge in [0.1, 0.15) is 48.8 Å². The van der Waals surface area contributed by atoms with Crippen LogP contribution in [0.4, 0.5) is 0 Å². The molecule has 0 saturated carbocycles. The van der Waals surface area contributed by atoms with Crippen LogP contribution in [0.15, 0.2) is 212 Å². The number of benzene rings is 7. The van der Waals surface area contributed by atoms with Gasteiger partial charge in [0.25, 0.3) is 0 Å². The summed E-state index contributed by atoms with van der Waals surface area (Å²) in [5.41, 5.74) is 7.00. The zero-order chi connectivity index (χ0) is 49.7. The number of methoxy groups -OCH3 is 1. The topological polar surface area (TPSA) is 102 Å². The van der Waals surface area contributed by atoms with Crippen LogP contribution in [0.5, 0.6) is 0 Å². The molecule has 2 aliphatic rings. The highest BCUT2D eigenvalue weighted by Crippen LogP contribution is 2.35. The molecule has 9 rings (SSSR count). The summed E-state index contributed by atoms with van der Waals surface area (Å²) in [6, 6.07) is 70.4. The fraction of sp³-hybridized carbons (Fsp3) is 0.323. The van der Waals surface area contributed by atoms with Crippen LogP contribution in [-0.2, 0) is 98.4 Å². The van der Waals surface area contributed by atoms with Crippen molar-refractivity contribution < 1.29 is 52.1 Å². The molecule has 0 N–H and O–H groups in total. The molecule has 73 heavy (non-hydrogen) atoms. The third kappa shape index (κ3) is 15.3. The number of ether oxygens (including phenoxy) is 11. The molecule has 0 aliphatic carbocycles. The highest BCUT2D eigenvalue weighted by atomic mass is 16.7. The van der Waals surface area contributed by atoms with E-state index in [1.807, 2.05) is 212 Å². The molecule has 2 saturated heterocycles. The highest BCUT2D eigenvalue weighted by molar-refractivity contribution is 5.19. The lowest BCUT2D eigenvalue weighted by atomic mass is 9.96. The monoisotopic (exact) mass is 986 g/mol. The van der Waals surface area contributed by atoms with Crippen molar-refractivity contribution in [2.45, 2.75) is 108 Å². The number of rotatable bonds is 26. The van der Waals surface area contributed by atoms with Gasteiger partial charge in [-0.2, -0.15) is 0 Å². The van der Waals surface area contributed by atoms with Crippen LogP contribution >= 0.6 is 0 Å². The van der Waals surface area contributed by atoms with Crippen molar-refractivity contribution in [3.63, 3.8) is 0 Å². The molecule has 11 nitrogen and oxygen atoms in total. The molecule has 10 atom stereocenters. The van der Waals surface area contributed by atoms with Gasteiger partial charge in [-0.15, -0.1) is 0 Å². The van der Waals surface area contributed by atoms with E-state index in [4.69, 9.17) is 52.1 Å². The molecule has 0 unspecified atom stereocenters. The van der Waals surface area contributed by atoms with Gasteiger partial charge in [-0.1, -0.05) is 212 Å². The van der Waals surface area contributed by atoms with Crippen LogP contribution in [0, 0.1) is 0 Å². The smallest absolute Gasteiger partial charge is 0.187 e. The number of hydrogen-bond donors (Lipinski definition) is 0. The zero-order valence-corrected chi connectivity index (χ0v) is 41.3. The maximum Gasteiger partial charge on any atom is 0.187 e. The minimum Gasteiger partial charge on any atom is -0.374 e. The largest absolute Gasteiger partial charge is 0.374 e. The lowest BCUT2D eigenvalue weighted by molar-refractivity contribution is -0.351. The Labute approximate surface area is 429 Å². The standard InChI is InChI=1S/C62H66O11/c1-63-61-59(69-42-51-33-19-7-20-34-51)57(67-40-49-29-15-5-16-30-49)56(66-39-48-27-13-4-14-28-48)54(72-61)45-71-62-60(70-43-52-35-21-8-22-36-52)58(68-41-50-31-17-6-18-32-50)55(65-38-47-25-11-3-12-26-47)53(73-62)44-64-37-46-23-9-2-10-24-46/h2-36,53-62H,37-45H2,1H3/t53-,54-,55+,56-,57+,58+,59+,60-,61+,62+/m1/s1. The highest BCUT2D eigenvalue weighted by Gasteiger charge is 2.52. The van der Waals surface area contributed by atoms with Gasteiger partial charge in [0.15, 0.2) is 12.6 Å². The SMILES string of the molecule is CO[C@H]1O[C@H](CO[C@H]2O[C@H](COCc3ccccc3)[C@H](OCc3ccccc3)[C@H](OCc3ccccc3)[C@H]2OCc2ccccc2)[C@@H](OCc2ccccc2)[C@H](OCc2ccccc2)[C@@H]1OCc1ccccc1. The first kappa shape index (κ1) is 52.0. The number of hydrogen-bond acceptors (Lipinski definition) is 11. The van der Waals surface area contributed by atoms with E-state index in [2.05, 4.69) is 0 Å². The molecule has 11 heteroatoms. The Balaban J connectivity index is 1.05. The molecule has 2 heterocycles. The predicted molar refractivity (Wildman–Crippen MR) is 276 cm³/mol. The molecule has 0 spiro atoms. The summed E-state index contributed by atoms with van der Waals surface area (Å²) in [5.74, 6) is 0. The van der Waals surface area contributed by atoms with E-state index in [0.29, 0.717) is 26.4 Å². The minimum absolute atomic E-state index is 0.00960. The third-order valence-electron chi connectivity index (χ3n) is 12.9. The zero-order valence-electron chi connectivity index (χ0n) is 41.3. The van der Waals surface area contributed by atoms with Gasteiger partial charge in [-0.3, -0.25) is 0 Å². The molecule has 2 fully saturated rings. The van der Waals surface area contributed by atoms with Crippen LogP contribution < -0.4 is 0 Å². The van der Waals surface area contributed by atoms with Gasteiger partial charge in [-0.05, 0) is 38.9 Å². The predicted octanol–water partition coefficient (Wildman–Crippen LogP) is 10.8. The van der Waals surface area contributed by atoms with Crippen LogP contribution in [0.1, 0.15) is 38.9 Å². The molecule has 0 aromatic heterocycles. The van der Waals surface area contributed by atoms with Gasteiger partial charge in [0, 0.05) is 7.11 Å². The fourth-order valence-electron chi connectivity index (χ4n) is 9.14. The second-order valence-electron chi connectivity index (χ2n) is 18.2. The van der Waals surface area contributed by atoms with Crippen LogP contribution in [0.25, 0.3) is 0 Å². The normalized spacial score (nSPS) is 24.0. The maximum absolute atomic E-state index is 7.10. The minimum atomic E-state index is -0.999. The molecule has 7 aromatic rings. The van der Waals surface area contributed by atoms with E-state index in [9.17, 15) is 0 Å². The third-order valence-corrected chi connectivity index (χ3v) is 12.9. The summed E-state index contributed by atoms with van der Waals surface area (Å²) in [7, 11) is 1.61. The lowest BCUT2D eigenvalue weighted by Crippen LogP contribution is -2.64. The van der Waals surface area contributed by atoms with Crippen LogP contribution in [0.2, 0.25) is 0 Å². The van der Waals surface area contributed by atoms with Crippen LogP contribution in [0.3, 0.4) is 0 Å². The Hall–Kier alpha value is -5.90. The summed E-state index contributed by atoms with van der Waals surface area (Å²) >= 11 is 0. The first-order valence-electron chi connectivity index (χ1n) is 25.2. The lowest BCUT2D eigenvalue weighted by Gasteiger charge is -2.48. The first-order valence-corrected chi connectivity index (χ1v) is 25.2. The quantitative estimate of drug-likeness (QED) is 0.0518. The molecule has 0 radical (unpaired) electrons. The van der Waals surface area contributed by atoms with E-state index in [-0.39, 0.29) is 33.0 Å². The van der Waals surface area contributed by atoms with Gasteiger partial charge in [-0.25, -0.2) is 0 Å². The molecule has 0 bridgehead atoms. The summed E-state index contributed by atoms with van der Waals surface area (Å²) < 4.78 is 75.2. The van der Waals surface area contributed by atoms with Gasteiger partial charge in [0.05, 0.1) is 59.5 Å². The van der Waals surface area contributed by atoms with E-state index in [0.717, 1.165) is 38.9 Å². The molecule has 7 aromatic carbocycles. The van der Waals surface area contributed by atoms with E-state index in [1.54, 1.807) is 7.11 Å². The van der Waals surface area contributed by atoms with Crippen molar-refractivity contribution in [3.8, 4) is 0 Å². The first-order chi connectivity index (χ1) is 36.2. The molecular formula is C62H66O11. The van der Waals surface area contributed by atoms with E-state index >= 15 is 0 Å². The van der Waals surface area contributed by atoms with Crippen LogP contribution in [-0.4, -0.2) is 81.7 Å². The fourth-order valence-corrected chi connectivity index (χ4v) is 9.14. The molecule has 2 aliphatic heterocycles. The van der Waals surface area contributed by atoms with Crippen molar-refractivity contribution >= 4 is 0 Å². The average Bonchev–Trinajstić information content (AvgIpc) is 3.45. The maximum atomic E-state index is 7.10. The van der Waals surface area contributed by atoms with Crippen molar-refractivity contribution in [2.24, 2.45) is 0 Å². The Morgan fingerprint density at radius 1 is 0.274 bits per heavy atom. The second-order valence-corrected chi connectivity index (χ2v) is 18.2. The Morgan fingerprint density at radius 2 is 0.534 bits per heavy atom. The van der Waals surface area contributed by atoms with Gasteiger partial charge < -0.3 is 52.1 Å². The Morgan fingerprint density at radius 3 is 0.863 bits per heavy atom. The van der Waals surface area contributed by atoms with Crippen molar-refractivity contribution in [3.05, 3.63) is 251 Å². The summed E-state index contributed by atoms with van der Waals surface area (Å²) in [6.45, 7) is 2.25. The molecule has 0 amide bonds. The van der Waals surface area contributed by atoms with Gasteiger partial charge >= 0.3 is 0 Å². The van der Waals surface area contributed by atoms with E-state index in [1.165, 1.54) is 0 Å². The molecular weight excluding hydrogens is 921 g/mol. The summed E-state index contributed by atoms with van der Waals surface area (Å²) in [5, 5.41) is 0. The molecule has 380 valence electrons. The van der Waals surface area contributed by atoms with Crippen molar-refractivity contribution in [1.82, 2.24) is 0 Å². The average molecular weight is 987 g/mol. The summed E-state index contributed by atoms with van der Waals surface area (Å²) in [4.78, 5) is 0. The van der Waals surface area contributed by atoms with E-state index < -0.39 is 61.4 Å². The second kappa shape index (κ2) is 28.0. The van der Waals surface area contributed by atoms with Gasteiger partial charge in [0.2, 0.25) is 0 Å². The van der Waals surface area contributed by atoms with Crippen molar-refractivity contribution in [1.29, 1.82) is 0 Å². The summed E-state index contributed by atoms with van der Waals surface area (Å²) in [6.07, 6.45) is -7.47. The Kier molecular flexibility index (Phi) is 19.9.